The lowest BCUT2D eigenvalue weighted by molar-refractivity contribution is 0.320. The molecule has 0 aliphatic heterocycles. The van der Waals surface area contributed by atoms with Crippen LogP contribution in [0.25, 0.3) is 11.5 Å². The third kappa shape index (κ3) is 3.99. The highest BCUT2D eigenvalue weighted by molar-refractivity contribution is 7.91. The van der Waals surface area contributed by atoms with Crippen molar-refractivity contribution in [2.24, 2.45) is 0 Å². The quantitative estimate of drug-likeness (QED) is 0.483. The van der Waals surface area contributed by atoms with Crippen LogP contribution in [-0.2, 0) is 16.3 Å². The van der Waals surface area contributed by atoms with Crippen LogP contribution in [0.1, 0.15) is 5.69 Å². The maximum absolute atomic E-state index is 12.4. The number of nitrogens with zero attached hydrogens (tertiary/aromatic N) is 1. The highest BCUT2D eigenvalue weighted by Gasteiger charge is 2.22. The number of rotatable bonds is 7. The minimum atomic E-state index is -3.88. The third-order valence-electron chi connectivity index (χ3n) is 4.24. The monoisotopic (exact) mass is 411 g/mol. The first-order valence-corrected chi connectivity index (χ1v) is 10.3. The van der Waals surface area contributed by atoms with Crippen LogP contribution >= 0.6 is 0 Å². The Labute approximate surface area is 166 Å². The van der Waals surface area contributed by atoms with Crippen molar-refractivity contribution in [1.29, 1.82) is 0 Å². The molecule has 0 aliphatic rings. The first kappa shape index (κ1) is 18.8. The lowest BCUT2D eigenvalue weighted by atomic mass is 10.2. The van der Waals surface area contributed by atoms with Gasteiger partial charge in [-0.15, -0.1) is 0 Å². The molecule has 2 heterocycles. The number of benzene rings is 2. The molecular formula is C20H17N3O5S. The first-order valence-electron chi connectivity index (χ1n) is 8.78. The number of oxazole rings is 1. The van der Waals surface area contributed by atoms with Gasteiger partial charge in [0.15, 0.2) is 4.90 Å². The Kier molecular flexibility index (Phi) is 5.05. The molecule has 4 aromatic rings. The van der Waals surface area contributed by atoms with E-state index in [2.05, 4.69) is 15.2 Å². The Morgan fingerprint density at radius 1 is 1.03 bits per heavy atom. The van der Waals surface area contributed by atoms with E-state index in [0.717, 1.165) is 17.5 Å². The van der Waals surface area contributed by atoms with Crippen LogP contribution in [0.2, 0.25) is 0 Å². The van der Waals surface area contributed by atoms with E-state index < -0.39 is 15.4 Å². The number of aromatic nitrogens is 3. The average Bonchev–Trinajstić information content (AvgIpc) is 3.38. The molecule has 148 valence electrons. The second-order valence-corrected chi connectivity index (χ2v) is 8.11. The Bertz CT molecular complexity index is 1260. The van der Waals surface area contributed by atoms with Crippen LogP contribution in [0.5, 0.6) is 5.75 Å². The second-order valence-electron chi connectivity index (χ2n) is 6.19. The number of sulfone groups is 1. The summed E-state index contributed by atoms with van der Waals surface area (Å²) in [5.74, 6) is 1.06. The van der Waals surface area contributed by atoms with Crippen LogP contribution in [-0.4, -0.2) is 30.2 Å². The van der Waals surface area contributed by atoms with Crippen LogP contribution in [0, 0.1) is 0 Å². The molecule has 29 heavy (non-hydrogen) atoms. The third-order valence-corrected chi connectivity index (χ3v) is 6.01. The summed E-state index contributed by atoms with van der Waals surface area (Å²) in [6.07, 6.45) is 3.26. The molecule has 0 saturated carbocycles. The van der Waals surface area contributed by atoms with Crippen molar-refractivity contribution in [2.75, 3.05) is 6.61 Å². The number of ether oxygens (including phenoxy) is 1. The smallest absolute Gasteiger partial charge is 0.283 e. The van der Waals surface area contributed by atoms with Crippen molar-refractivity contribution < 1.29 is 17.6 Å². The van der Waals surface area contributed by atoms with E-state index in [-0.39, 0.29) is 9.79 Å². The molecule has 0 unspecified atom stereocenters. The van der Waals surface area contributed by atoms with E-state index in [0.29, 0.717) is 24.7 Å². The summed E-state index contributed by atoms with van der Waals surface area (Å²) in [7, 11) is -3.88. The predicted molar refractivity (Wildman–Crippen MR) is 104 cm³/mol. The Balaban J connectivity index is 1.37. The summed E-state index contributed by atoms with van der Waals surface area (Å²) < 4.78 is 36.0. The summed E-state index contributed by atoms with van der Waals surface area (Å²) in [4.78, 5) is 15.7. The summed E-state index contributed by atoms with van der Waals surface area (Å²) in [6.45, 7) is 0.352. The molecule has 0 amide bonds. The van der Waals surface area contributed by atoms with Gasteiger partial charge in [0.2, 0.25) is 15.7 Å². The second kappa shape index (κ2) is 7.80. The van der Waals surface area contributed by atoms with E-state index >= 15 is 0 Å². The number of aromatic amines is 2. The molecule has 0 spiro atoms. The zero-order chi connectivity index (χ0) is 20.3. The van der Waals surface area contributed by atoms with Gasteiger partial charge in [0.1, 0.15) is 12.0 Å². The zero-order valence-electron chi connectivity index (χ0n) is 15.2. The standard InChI is InChI=1S/C20H17N3O5S/c24-19-18(12-21-23-19)29(25,26)17-8-6-16(7-9-17)27-11-10-15-13-28-20(22-15)14-4-2-1-3-5-14/h1-9,12-13H,10-11H2,(H2,21,23,24). The lowest BCUT2D eigenvalue weighted by Crippen LogP contribution is -2.12. The van der Waals surface area contributed by atoms with Gasteiger partial charge >= 0.3 is 0 Å². The van der Waals surface area contributed by atoms with E-state index in [1.807, 2.05) is 30.3 Å². The van der Waals surface area contributed by atoms with Crippen LogP contribution < -0.4 is 10.3 Å². The Hall–Kier alpha value is -3.59. The summed E-state index contributed by atoms with van der Waals surface area (Å²) >= 11 is 0. The van der Waals surface area contributed by atoms with Gasteiger partial charge in [0.25, 0.3) is 5.56 Å². The SMILES string of the molecule is O=c1[nH][nH]cc1S(=O)(=O)c1ccc(OCCc2coc(-c3ccccc3)n2)cc1. The molecule has 0 fully saturated rings. The van der Waals surface area contributed by atoms with Crippen LogP contribution in [0.15, 0.2) is 86.1 Å². The average molecular weight is 411 g/mol. The molecule has 0 atom stereocenters. The minimum absolute atomic E-state index is 0.0129. The topological polar surface area (TPSA) is 118 Å². The summed E-state index contributed by atoms with van der Waals surface area (Å²) in [5.41, 5.74) is 0.972. The summed E-state index contributed by atoms with van der Waals surface area (Å²) in [6, 6.07) is 15.5. The molecule has 0 aliphatic carbocycles. The van der Waals surface area contributed by atoms with E-state index in [1.54, 1.807) is 18.4 Å². The molecule has 2 aromatic heterocycles. The van der Waals surface area contributed by atoms with Gasteiger partial charge in [0, 0.05) is 18.2 Å². The number of hydrogen-bond donors (Lipinski definition) is 2. The molecular weight excluding hydrogens is 394 g/mol. The van der Waals surface area contributed by atoms with Gasteiger partial charge < -0.3 is 14.3 Å². The molecule has 0 saturated heterocycles. The lowest BCUT2D eigenvalue weighted by Gasteiger charge is -2.06. The molecule has 8 nitrogen and oxygen atoms in total. The van der Waals surface area contributed by atoms with Gasteiger partial charge in [-0.05, 0) is 36.4 Å². The molecule has 2 aromatic carbocycles. The molecule has 9 heteroatoms. The minimum Gasteiger partial charge on any atom is -0.493 e. The normalized spacial score (nSPS) is 11.4. The van der Waals surface area contributed by atoms with Crippen molar-refractivity contribution in [1.82, 2.24) is 15.2 Å². The molecule has 2 N–H and O–H groups in total. The highest BCUT2D eigenvalue weighted by atomic mass is 32.2. The predicted octanol–water partition coefficient (Wildman–Crippen LogP) is 2.81. The molecule has 0 radical (unpaired) electrons. The van der Waals surface area contributed by atoms with Gasteiger partial charge in [-0.1, -0.05) is 18.2 Å². The largest absolute Gasteiger partial charge is 0.493 e. The Morgan fingerprint density at radius 3 is 2.48 bits per heavy atom. The number of nitrogens with one attached hydrogen (secondary N) is 2. The van der Waals surface area contributed by atoms with Crippen molar-refractivity contribution in [3.8, 4) is 17.2 Å². The van der Waals surface area contributed by atoms with E-state index in [1.165, 1.54) is 12.1 Å². The fraction of sp³-hybridized carbons (Fsp3) is 0.100. The summed E-state index contributed by atoms with van der Waals surface area (Å²) in [5, 5.41) is 4.60. The maximum Gasteiger partial charge on any atom is 0.283 e. The molecule has 4 rings (SSSR count). The number of H-pyrrole nitrogens is 2. The van der Waals surface area contributed by atoms with Crippen LogP contribution in [0.3, 0.4) is 0 Å². The Morgan fingerprint density at radius 2 is 1.79 bits per heavy atom. The first-order chi connectivity index (χ1) is 14.0. The van der Waals surface area contributed by atoms with Crippen LogP contribution in [0.4, 0.5) is 0 Å². The van der Waals surface area contributed by atoms with Crippen molar-refractivity contribution in [2.45, 2.75) is 16.2 Å². The van der Waals surface area contributed by atoms with Gasteiger partial charge in [0.05, 0.1) is 17.2 Å². The fourth-order valence-corrected chi connectivity index (χ4v) is 4.00. The fourth-order valence-electron chi connectivity index (χ4n) is 2.74. The van der Waals surface area contributed by atoms with Crippen molar-refractivity contribution >= 4 is 9.84 Å². The number of hydrogen-bond acceptors (Lipinski definition) is 6. The zero-order valence-corrected chi connectivity index (χ0v) is 16.0. The maximum atomic E-state index is 12.4. The van der Waals surface area contributed by atoms with Crippen molar-refractivity contribution in [3.63, 3.8) is 0 Å². The highest BCUT2D eigenvalue weighted by Crippen LogP contribution is 2.21. The van der Waals surface area contributed by atoms with Crippen molar-refractivity contribution in [3.05, 3.63) is 83.1 Å². The van der Waals surface area contributed by atoms with Gasteiger partial charge in [-0.2, -0.15) is 0 Å². The molecule has 0 bridgehead atoms. The van der Waals surface area contributed by atoms with Gasteiger partial charge in [-0.25, -0.2) is 13.4 Å². The van der Waals surface area contributed by atoms with E-state index in [9.17, 15) is 13.2 Å². The van der Waals surface area contributed by atoms with Gasteiger partial charge in [-0.3, -0.25) is 9.89 Å². The van der Waals surface area contributed by atoms with E-state index in [4.69, 9.17) is 9.15 Å².